The normalized spacial score (nSPS) is 15.7. The quantitative estimate of drug-likeness (QED) is 0.804. The van der Waals surface area contributed by atoms with E-state index in [4.69, 9.17) is 16.7 Å². The molecule has 1 aliphatic rings. The lowest BCUT2D eigenvalue weighted by atomic mass is 9.89. The Kier molecular flexibility index (Phi) is 8.50. The van der Waals surface area contributed by atoms with E-state index in [1.165, 1.54) is 32.1 Å². The molecule has 0 amide bonds. The van der Waals surface area contributed by atoms with Gasteiger partial charge in [0.15, 0.2) is 0 Å². The van der Waals surface area contributed by atoms with Crippen LogP contribution in [0.3, 0.4) is 0 Å². The molecule has 114 valence electrons. The van der Waals surface area contributed by atoms with Crippen molar-refractivity contribution in [2.24, 2.45) is 5.92 Å². The summed E-state index contributed by atoms with van der Waals surface area (Å²) >= 11 is 9.34. The number of halogens is 2. The van der Waals surface area contributed by atoms with Crippen LogP contribution in [-0.4, -0.2) is 22.7 Å². The second kappa shape index (κ2) is 9.59. The number of aliphatic hydroxyl groups excluding tert-OH is 1. The first kappa shape index (κ1) is 17.7. The lowest BCUT2D eigenvalue weighted by Gasteiger charge is -2.22. The third kappa shape index (κ3) is 7.46. The summed E-state index contributed by atoms with van der Waals surface area (Å²) in [5.41, 5.74) is 0. The molecule has 0 aromatic carbocycles. The van der Waals surface area contributed by atoms with Crippen molar-refractivity contribution in [3.05, 3.63) is 21.8 Å². The molecule has 0 spiro atoms. The molecule has 1 heterocycles. The molecule has 2 N–H and O–H groups in total. The van der Waals surface area contributed by atoms with E-state index in [1.807, 2.05) is 6.07 Å². The number of anilines is 1. The van der Waals surface area contributed by atoms with Crippen LogP contribution in [0, 0.1) is 5.92 Å². The van der Waals surface area contributed by atoms with Crippen LogP contribution in [0.15, 0.2) is 16.7 Å². The number of aromatic nitrogens is 1. The Bertz CT molecular complexity index is 393. The number of hydrogen-bond donors (Lipinski definition) is 2. The maximum atomic E-state index is 8.06. The second-order valence-electron chi connectivity index (χ2n) is 5.46. The molecule has 3 nitrogen and oxygen atoms in total. The van der Waals surface area contributed by atoms with E-state index >= 15 is 0 Å². The first-order valence-corrected chi connectivity index (χ1v) is 8.39. The van der Waals surface area contributed by atoms with Crippen molar-refractivity contribution in [2.45, 2.75) is 52.1 Å². The van der Waals surface area contributed by atoms with Crippen LogP contribution in [0.5, 0.6) is 0 Å². The Hall–Kier alpha value is -0.320. The van der Waals surface area contributed by atoms with E-state index in [-0.39, 0.29) is 6.10 Å². The average molecular weight is 364 g/mol. The van der Waals surface area contributed by atoms with Gasteiger partial charge in [0.05, 0.1) is 9.50 Å². The van der Waals surface area contributed by atoms with Crippen molar-refractivity contribution in [3.8, 4) is 0 Å². The van der Waals surface area contributed by atoms with Crippen molar-refractivity contribution < 1.29 is 5.11 Å². The molecule has 0 atom stereocenters. The standard InChI is InChI=1S/C12H16BrClN2.C3H8O/c13-10-8-16-12(6-11(10)14)15-7-9-4-2-1-3-5-9;1-3(2)4/h6,8-9H,1-5,7H2,(H,15,16);3-4H,1-2H3. The summed E-state index contributed by atoms with van der Waals surface area (Å²) in [4.78, 5) is 4.28. The SMILES string of the molecule is CC(C)O.Clc1cc(NCC2CCCCC2)ncc1Br. The summed E-state index contributed by atoms with van der Waals surface area (Å²) in [6, 6.07) is 1.87. The van der Waals surface area contributed by atoms with Gasteiger partial charge in [-0.25, -0.2) is 4.98 Å². The second-order valence-corrected chi connectivity index (χ2v) is 6.72. The largest absolute Gasteiger partial charge is 0.394 e. The van der Waals surface area contributed by atoms with Gasteiger partial charge in [-0.1, -0.05) is 30.9 Å². The fraction of sp³-hybridized carbons (Fsp3) is 0.667. The van der Waals surface area contributed by atoms with E-state index in [0.29, 0.717) is 5.02 Å². The first-order chi connectivity index (χ1) is 9.49. The highest BCUT2D eigenvalue weighted by Gasteiger charge is 2.13. The molecule has 1 fully saturated rings. The van der Waals surface area contributed by atoms with Gasteiger partial charge < -0.3 is 10.4 Å². The molecular weight excluding hydrogens is 340 g/mol. The summed E-state index contributed by atoms with van der Waals surface area (Å²) in [7, 11) is 0. The van der Waals surface area contributed by atoms with Crippen LogP contribution in [0.2, 0.25) is 5.02 Å². The van der Waals surface area contributed by atoms with Gasteiger partial charge in [-0.15, -0.1) is 0 Å². The fourth-order valence-electron chi connectivity index (χ4n) is 2.15. The molecule has 1 saturated carbocycles. The minimum atomic E-state index is -0.167. The predicted octanol–water partition coefficient (Wildman–Crippen LogP) is 4.88. The molecular formula is C15H24BrClN2O. The smallest absolute Gasteiger partial charge is 0.127 e. The van der Waals surface area contributed by atoms with Gasteiger partial charge in [0.1, 0.15) is 5.82 Å². The van der Waals surface area contributed by atoms with Gasteiger partial charge in [-0.05, 0) is 48.5 Å². The molecule has 1 aromatic rings. The molecule has 0 aliphatic heterocycles. The Morgan fingerprint density at radius 1 is 1.40 bits per heavy atom. The zero-order valence-electron chi connectivity index (χ0n) is 12.2. The molecule has 1 aromatic heterocycles. The van der Waals surface area contributed by atoms with Crippen molar-refractivity contribution in [2.75, 3.05) is 11.9 Å². The fourth-order valence-corrected chi connectivity index (χ4v) is 2.52. The number of nitrogens with zero attached hydrogens (tertiary/aromatic N) is 1. The summed E-state index contributed by atoms with van der Waals surface area (Å²) in [5, 5.41) is 12.1. The van der Waals surface area contributed by atoms with Gasteiger partial charge in [0.2, 0.25) is 0 Å². The van der Waals surface area contributed by atoms with Crippen LogP contribution < -0.4 is 5.32 Å². The van der Waals surface area contributed by atoms with Crippen LogP contribution >= 0.6 is 27.5 Å². The predicted molar refractivity (Wildman–Crippen MR) is 89.4 cm³/mol. The van der Waals surface area contributed by atoms with Crippen molar-refractivity contribution in [3.63, 3.8) is 0 Å². The average Bonchev–Trinajstić information content (AvgIpc) is 2.41. The van der Waals surface area contributed by atoms with E-state index in [9.17, 15) is 0 Å². The minimum absolute atomic E-state index is 0.167. The highest BCUT2D eigenvalue weighted by Crippen LogP contribution is 2.26. The zero-order chi connectivity index (χ0) is 15.0. The van der Waals surface area contributed by atoms with Gasteiger partial charge >= 0.3 is 0 Å². The summed E-state index contributed by atoms with van der Waals surface area (Å²) < 4.78 is 0.845. The third-order valence-electron chi connectivity index (χ3n) is 3.11. The van der Waals surface area contributed by atoms with Gasteiger partial charge in [0.25, 0.3) is 0 Å². The minimum Gasteiger partial charge on any atom is -0.394 e. The Balaban J connectivity index is 0.000000444. The topological polar surface area (TPSA) is 45.1 Å². The molecule has 0 bridgehead atoms. The lowest BCUT2D eigenvalue weighted by molar-refractivity contribution is 0.216. The summed E-state index contributed by atoms with van der Waals surface area (Å²) in [5.74, 6) is 1.68. The van der Waals surface area contributed by atoms with Crippen molar-refractivity contribution in [1.82, 2.24) is 4.98 Å². The number of pyridine rings is 1. The Morgan fingerprint density at radius 2 is 2.00 bits per heavy atom. The maximum Gasteiger partial charge on any atom is 0.127 e. The molecule has 0 saturated heterocycles. The first-order valence-electron chi connectivity index (χ1n) is 7.22. The Labute approximate surface area is 135 Å². The molecule has 5 heteroatoms. The summed E-state index contributed by atoms with van der Waals surface area (Å²) in [6.07, 6.45) is 8.42. The van der Waals surface area contributed by atoms with E-state index in [0.717, 1.165) is 22.8 Å². The monoisotopic (exact) mass is 362 g/mol. The molecule has 0 radical (unpaired) electrons. The lowest BCUT2D eigenvalue weighted by Crippen LogP contribution is -2.17. The Morgan fingerprint density at radius 3 is 2.55 bits per heavy atom. The van der Waals surface area contributed by atoms with Crippen LogP contribution in [0.1, 0.15) is 46.0 Å². The molecule has 1 aliphatic carbocycles. The highest BCUT2D eigenvalue weighted by atomic mass is 79.9. The number of rotatable bonds is 3. The van der Waals surface area contributed by atoms with E-state index in [1.54, 1.807) is 20.0 Å². The molecule has 20 heavy (non-hydrogen) atoms. The number of aliphatic hydroxyl groups is 1. The number of hydrogen-bond acceptors (Lipinski definition) is 3. The van der Waals surface area contributed by atoms with E-state index < -0.39 is 0 Å². The van der Waals surface area contributed by atoms with Gasteiger partial charge in [-0.2, -0.15) is 0 Å². The summed E-state index contributed by atoms with van der Waals surface area (Å²) in [6.45, 7) is 4.46. The highest BCUT2D eigenvalue weighted by molar-refractivity contribution is 9.10. The maximum absolute atomic E-state index is 8.06. The van der Waals surface area contributed by atoms with Crippen molar-refractivity contribution >= 4 is 33.3 Å². The van der Waals surface area contributed by atoms with Crippen molar-refractivity contribution in [1.29, 1.82) is 0 Å². The van der Waals surface area contributed by atoms with E-state index in [2.05, 4.69) is 26.2 Å². The van der Waals surface area contributed by atoms with Crippen LogP contribution in [0.25, 0.3) is 0 Å². The van der Waals surface area contributed by atoms with Crippen LogP contribution in [0.4, 0.5) is 5.82 Å². The molecule has 0 unspecified atom stereocenters. The van der Waals surface area contributed by atoms with Gasteiger partial charge in [-0.3, -0.25) is 0 Å². The zero-order valence-corrected chi connectivity index (χ0v) is 14.5. The third-order valence-corrected chi connectivity index (χ3v) is 4.28. The van der Waals surface area contributed by atoms with Crippen LogP contribution in [-0.2, 0) is 0 Å². The number of nitrogens with one attached hydrogen (secondary N) is 1. The van der Waals surface area contributed by atoms with Gasteiger partial charge in [0, 0.05) is 24.9 Å². The molecule has 2 rings (SSSR count).